The molecule has 0 heterocycles. The van der Waals surface area contributed by atoms with Crippen LogP contribution < -0.4 is 0 Å². The number of hydrogen-bond donors (Lipinski definition) is 0. The van der Waals surface area contributed by atoms with E-state index in [1.54, 1.807) is 0 Å². The highest BCUT2D eigenvalue weighted by Crippen LogP contribution is 2.13. The van der Waals surface area contributed by atoms with Crippen LogP contribution in [0.2, 0.25) is 0 Å². The Morgan fingerprint density at radius 3 is 1.23 bits per heavy atom. The summed E-state index contributed by atoms with van der Waals surface area (Å²) < 4.78 is 17.4. The Balaban J connectivity index is 4.31. The number of allylic oxidation sites excluding steroid dienone is 12. The molecule has 0 aromatic carbocycles. The molecule has 0 rings (SSSR count). The minimum Gasteiger partial charge on any atom is -0.462 e. The third kappa shape index (κ3) is 50.0. The lowest BCUT2D eigenvalue weighted by molar-refractivity contribution is -0.163. The van der Waals surface area contributed by atoms with Gasteiger partial charge in [0.1, 0.15) is 6.61 Å². The molecule has 0 aliphatic carbocycles. The molecule has 0 saturated carbocycles. The van der Waals surface area contributed by atoms with Gasteiger partial charge in [-0.25, -0.2) is 0 Å². The quantitative estimate of drug-likeness (QED) is 0.0346. The molecule has 5 heteroatoms. The van der Waals surface area contributed by atoms with Crippen LogP contribution in [0.15, 0.2) is 72.9 Å². The molecule has 0 radical (unpaired) electrons. The Hall–Kier alpha value is -2.66. The molecule has 0 aromatic rings. The molecule has 5 nitrogen and oxygen atoms in total. The van der Waals surface area contributed by atoms with E-state index >= 15 is 0 Å². The van der Waals surface area contributed by atoms with E-state index in [-0.39, 0.29) is 25.2 Å². The molecule has 0 bridgehead atoms. The fourth-order valence-electron chi connectivity index (χ4n) is 7.25. The SMILES string of the molecule is CC/C=C\C/C=C\C/C=C\CCCCCC(=O)OC(COCCCCCCCCCC/C=C\C/C=C\CCCCC)COC(=O)CCCCCCC/C=C\CCCCCCCC. The maximum Gasteiger partial charge on any atom is 0.306 e. The van der Waals surface area contributed by atoms with Crippen molar-refractivity contribution in [1.82, 2.24) is 0 Å². The first kappa shape index (κ1) is 59.3. The van der Waals surface area contributed by atoms with E-state index in [9.17, 15) is 9.59 Å². The third-order valence-corrected chi connectivity index (χ3v) is 11.2. The average Bonchev–Trinajstić information content (AvgIpc) is 3.27. The summed E-state index contributed by atoms with van der Waals surface area (Å²) in [6.45, 7) is 7.65. The van der Waals surface area contributed by atoms with Gasteiger partial charge in [0.15, 0.2) is 6.10 Å². The smallest absolute Gasteiger partial charge is 0.306 e. The first-order valence-electron chi connectivity index (χ1n) is 26.5. The van der Waals surface area contributed by atoms with Gasteiger partial charge in [0.05, 0.1) is 6.61 Å². The van der Waals surface area contributed by atoms with Crippen LogP contribution in [0.25, 0.3) is 0 Å². The summed E-state index contributed by atoms with van der Waals surface area (Å²) >= 11 is 0. The Morgan fingerprint density at radius 2 is 0.726 bits per heavy atom. The van der Waals surface area contributed by atoms with Crippen LogP contribution in [0, 0.1) is 0 Å². The second-order valence-electron chi connectivity index (χ2n) is 17.4. The largest absolute Gasteiger partial charge is 0.462 e. The van der Waals surface area contributed by atoms with Gasteiger partial charge in [-0.2, -0.15) is 0 Å². The molecule has 0 fully saturated rings. The Labute approximate surface area is 385 Å². The summed E-state index contributed by atoms with van der Waals surface area (Å²) in [4.78, 5) is 25.4. The zero-order chi connectivity index (χ0) is 44.9. The third-order valence-electron chi connectivity index (χ3n) is 11.2. The van der Waals surface area contributed by atoms with Crippen LogP contribution in [0.4, 0.5) is 0 Å². The summed E-state index contributed by atoms with van der Waals surface area (Å²) in [7, 11) is 0. The van der Waals surface area contributed by atoms with Crippen LogP contribution in [-0.4, -0.2) is 37.9 Å². The van der Waals surface area contributed by atoms with Crippen molar-refractivity contribution >= 4 is 11.9 Å². The lowest BCUT2D eigenvalue weighted by Crippen LogP contribution is -2.30. The molecule has 1 atom stereocenters. The number of unbranched alkanes of at least 4 members (excludes halogenated alkanes) is 25. The average molecular weight is 865 g/mol. The molecule has 0 spiro atoms. The van der Waals surface area contributed by atoms with Gasteiger partial charge in [-0.15, -0.1) is 0 Å². The van der Waals surface area contributed by atoms with Gasteiger partial charge < -0.3 is 14.2 Å². The summed E-state index contributed by atoms with van der Waals surface area (Å²) in [5, 5.41) is 0. The van der Waals surface area contributed by atoms with E-state index in [0.717, 1.165) is 89.9 Å². The first-order chi connectivity index (χ1) is 30.6. The molecule has 358 valence electrons. The summed E-state index contributed by atoms with van der Waals surface area (Å²) in [5.74, 6) is -0.441. The first-order valence-corrected chi connectivity index (χ1v) is 26.5. The van der Waals surface area contributed by atoms with E-state index in [1.807, 2.05) is 0 Å². The molecule has 62 heavy (non-hydrogen) atoms. The molecule has 0 aromatic heterocycles. The van der Waals surface area contributed by atoms with Crippen molar-refractivity contribution in [1.29, 1.82) is 0 Å². The highest BCUT2D eigenvalue weighted by Gasteiger charge is 2.17. The van der Waals surface area contributed by atoms with Gasteiger partial charge >= 0.3 is 11.9 Å². The molecule has 1 unspecified atom stereocenters. The zero-order valence-corrected chi connectivity index (χ0v) is 41.1. The van der Waals surface area contributed by atoms with Crippen LogP contribution in [-0.2, 0) is 23.8 Å². The van der Waals surface area contributed by atoms with Crippen LogP contribution >= 0.6 is 0 Å². The fraction of sp³-hybridized carbons (Fsp3) is 0.754. The maximum absolute atomic E-state index is 12.8. The molecular formula is C57H100O5. The minimum atomic E-state index is -0.559. The number of carbonyl (C=O) groups excluding carboxylic acids is 2. The van der Waals surface area contributed by atoms with Crippen LogP contribution in [0.3, 0.4) is 0 Å². The van der Waals surface area contributed by atoms with Gasteiger partial charge in [0.2, 0.25) is 0 Å². The van der Waals surface area contributed by atoms with Crippen molar-refractivity contribution in [3.63, 3.8) is 0 Å². The number of hydrogen-bond acceptors (Lipinski definition) is 5. The van der Waals surface area contributed by atoms with Crippen molar-refractivity contribution < 1.29 is 23.8 Å². The zero-order valence-electron chi connectivity index (χ0n) is 41.1. The number of carbonyl (C=O) groups is 2. The van der Waals surface area contributed by atoms with E-state index in [1.165, 1.54) is 128 Å². The molecular weight excluding hydrogens is 765 g/mol. The van der Waals surface area contributed by atoms with Crippen LogP contribution in [0.1, 0.15) is 252 Å². The van der Waals surface area contributed by atoms with E-state index in [2.05, 4.69) is 93.7 Å². The Kier molecular flexibility index (Phi) is 50.4. The van der Waals surface area contributed by atoms with Crippen LogP contribution in [0.5, 0.6) is 0 Å². The Morgan fingerprint density at radius 1 is 0.371 bits per heavy atom. The summed E-state index contributed by atoms with van der Waals surface area (Å²) in [5.41, 5.74) is 0. The lowest BCUT2D eigenvalue weighted by atomic mass is 10.1. The molecule has 0 aliphatic rings. The topological polar surface area (TPSA) is 61.8 Å². The predicted molar refractivity (Wildman–Crippen MR) is 270 cm³/mol. The van der Waals surface area contributed by atoms with Gasteiger partial charge in [0, 0.05) is 19.4 Å². The lowest BCUT2D eigenvalue weighted by Gasteiger charge is -2.18. The van der Waals surface area contributed by atoms with Crippen molar-refractivity contribution in [3.05, 3.63) is 72.9 Å². The van der Waals surface area contributed by atoms with E-state index < -0.39 is 6.10 Å². The van der Waals surface area contributed by atoms with Gasteiger partial charge in [0.25, 0.3) is 0 Å². The monoisotopic (exact) mass is 865 g/mol. The fourth-order valence-corrected chi connectivity index (χ4v) is 7.25. The molecule has 0 amide bonds. The highest BCUT2D eigenvalue weighted by atomic mass is 16.6. The normalized spacial score (nSPS) is 12.8. The maximum atomic E-state index is 12.8. The van der Waals surface area contributed by atoms with Crippen molar-refractivity contribution in [2.45, 2.75) is 258 Å². The highest BCUT2D eigenvalue weighted by molar-refractivity contribution is 5.70. The van der Waals surface area contributed by atoms with E-state index in [4.69, 9.17) is 14.2 Å². The molecule has 0 saturated heterocycles. The second-order valence-corrected chi connectivity index (χ2v) is 17.4. The van der Waals surface area contributed by atoms with E-state index in [0.29, 0.717) is 19.4 Å². The van der Waals surface area contributed by atoms with Crippen molar-refractivity contribution in [2.75, 3.05) is 19.8 Å². The number of ether oxygens (including phenoxy) is 3. The van der Waals surface area contributed by atoms with Gasteiger partial charge in [-0.3, -0.25) is 9.59 Å². The number of rotatable bonds is 48. The Bertz CT molecular complexity index is 1110. The minimum absolute atomic E-state index is 0.0652. The van der Waals surface area contributed by atoms with Crippen molar-refractivity contribution in [3.8, 4) is 0 Å². The van der Waals surface area contributed by atoms with Gasteiger partial charge in [-0.1, -0.05) is 203 Å². The summed E-state index contributed by atoms with van der Waals surface area (Å²) in [6, 6.07) is 0. The standard InChI is InChI=1S/C57H100O5/c1-4-7-10-13-16-19-22-25-27-28-29-31-34-37-40-43-46-49-52-60-53-55(62-57(59)51-48-45-42-39-36-32-24-21-18-15-12-9-6-3)54-61-56(58)50-47-44-41-38-35-33-30-26-23-20-17-14-11-8-5-2/h9,12,16,18-19,21,25-27,30,32,36,55H,4-8,10-11,13-15,17,20,22-24,28-29,31,33-35,37-54H2,1-3H3/b12-9-,19-16-,21-18-,27-25-,30-26-,36-32-. The van der Waals surface area contributed by atoms with Gasteiger partial charge in [-0.05, 0) is 109 Å². The molecule has 0 aliphatic heterocycles. The molecule has 0 N–H and O–H groups in total. The summed E-state index contributed by atoms with van der Waals surface area (Å²) in [6.07, 6.45) is 67.7. The predicted octanol–water partition coefficient (Wildman–Crippen LogP) is 17.9. The second kappa shape index (κ2) is 52.7. The van der Waals surface area contributed by atoms with Crippen molar-refractivity contribution in [2.24, 2.45) is 0 Å². The number of esters is 2.